The standard InChI is InChI=1S/C12H17N3/c1-2-14-6-5-9-8-15-12-4-3-10(13)7-11(9)12/h3-4,7-8,14-15H,2,5-6,13H2,1H3. The number of likely N-dealkylation sites (N-methyl/N-ethyl adjacent to an activating group) is 1. The number of aromatic nitrogens is 1. The van der Waals surface area contributed by atoms with Crippen LogP contribution in [0.15, 0.2) is 24.4 Å². The number of rotatable bonds is 4. The van der Waals surface area contributed by atoms with Crippen LogP contribution < -0.4 is 11.1 Å². The Balaban J connectivity index is 2.23. The molecule has 0 radical (unpaired) electrons. The van der Waals surface area contributed by atoms with E-state index < -0.39 is 0 Å². The number of aromatic amines is 1. The van der Waals surface area contributed by atoms with Crippen LogP contribution in [-0.2, 0) is 6.42 Å². The molecular weight excluding hydrogens is 186 g/mol. The molecule has 15 heavy (non-hydrogen) atoms. The molecule has 0 fully saturated rings. The van der Waals surface area contributed by atoms with Gasteiger partial charge in [-0.3, -0.25) is 0 Å². The second-order valence-electron chi connectivity index (χ2n) is 3.72. The highest BCUT2D eigenvalue weighted by molar-refractivity contribution is 5.86. The summed E-state index contributed by atoms with van der Waals surface area (Å²) < 4.78 is 0. The highest BCUT2D eigenvalue weighted by atomic mass is 14.8. The summed E-state index contributed by atoms with van der Waals surface area (Å²) in [4.78, 5) is 3.26. The average Bonchev–Trinajstić information content (AvgIpc) is 2.62. The molecule has 0 aliphatic rings. The van der Waals surface area contributed by atoms with Gasteiger partial charge in [-0.2, -0.15) is 0 Å². The lowest BCUT2D eigenvalue weighted by molar-refractivity contribution is 0.718. The summed E-state index contributed by atoms with van der Waals surface area (Å²) in [5.41, 5.74) is 9.10. The number of benzene rings is 1. The number of nitrogen functional groups attached to an aromatic ring is 1. The Morgan fingerprint density at radius 2 is 2.27 bits per heavy atom. The van der Waals surface area contributed by atoms with Crippen molar-refractivity contribution in [1.82, 2.24) is 10.3 Å². The number of anilines is 1. The summed E-state index contributed by atoms with van der Waals surface area (Å²) in [5, 5.41) is 4.56. The minimum absolute atomic E-state index is 0.826. The van der Waals surface area contributed by atoms with E-state index in [0.29, 0.717) is 0 Å². The van der Waals surface area contributed by atoms with Crippen molar-refractivity contribution < 1.29 is 0 Å². The first-order chi connectivity index (χ1) is 7.31. The second-order valence-corrected chi connectivity index (χ2v) is 3.72. The summed E-state index contributed by atoms with van der Waals surface area (Å²) in [5.74, 6) is 0. The van der Waals surface area contributed by atoms with Crippen molar-refractivity contribution in [2.45, 2.75) is 13.3 Å². The summed E-state index contributed by atoms with van der Waals surface area (Å²) in [7, 11) is 0. The summed E-state index contributed by atoms with van der Waals surface area (Å²) in [6.07, 6.45) is 3.11. The molecule has 0 bridgehead atoms. The second kappa shape index (κ2) is 4.36. The third kappa shape index (κ3) is 2.13. The van der Waals surface area contributed by atoms with Crippen molar-refractivity contribution in [3.63, 3.8) is 0 Å². The highest BCUT2D eigenvalue weighted by Gasteiger charge is 2.02. The monoisotopic (exact) mass is 203 g/mol. The van der Waals surface area contributed by atoms with Gasteiger partial charge >= 0.3 is 0 Å². The molecule has 0 amide bonds. The van der Waals surface area contributed by atoms with Gasteiger partial charge in [0.1, 0.15) is 0 Å². The van der Waals surface area contributed by atoms with E-state index in [4.69, 9.17) is 5.73 Å². The fraction of sp³-hybridized carbons (Fsp3) is 0.333. The Hall–Kier alpha value is -1.48. The molecule has 0 atom stereocenters. The maximum atomic E-state index is 5.78. The lowest BCUT2D eigenvalue weighted by Crippen LogP contribution is -2.15. The smallest absolute Gasteiger partial charge is 0.0458 e. The molecule has 0 unspecified atom stereocenters. The van der Waals surface area contributed by atoms with Crippen molar-refractivity contribution in [3.05, 3.63) is 30.0 Å². The first kappa shape index (κ1) is 10.1. The molecule has 80 valence electrons. The molecule has 0 aliphatic carbocycles. The molecule has 1 aromatic heterocycles. The van der Waals surface area contributed by atoms with Crippen molar-refractivity contribution in [2.24, 2.45) is 0 Å². The first-order valence-corrected chi connectivity index (χ1v) is 5.37. The van der Waals surface area contributed by atoms with Gasteiger partial charge in [0.2, 0.25) is 0 Å². The number of nitrogens with two attached hydrogens (primary N) is 1. The van der Waals surface area contributed by atoms with Gasteiger partial charge in [-0.15, -0.1) is 0 Å². The Bertz CT molecular complexity index is 445. The van der Waals surface area contributed by atoms with E-state index in [9.17, 15) is 0 Å². The first-order valence-electron chi connectivity index (χ1n) is 5.37. The van der Waals surface area contributed by atoms with Gasteiger partial charge < -0.3 is 16.0 Å². The molecule has 3 heteroatoms. The molecule has 3 nitrogen and oxygen atoms in total. The van der Waals surface area contributed by atoms with Crippen LogP contribution in [0.3, 0.4) is 0 Å². The molecule has 1 heterocycles. The van der Waals surface area contributed by atoms with Crippen LogP contribution in [0.5, 0.6) is 0 Å². The third-order valence-corrected chi connectivity index (χ3v) is 2.61. The largest absolute Gasteiger partial charge is 0.399 e. The molecule has 1 aromatic carbocycles. The maximum Gasteiger partial charge on any atom is 0.0458 e. The van der Waals surface area contributed by atoms with E-state index in [-0.39, 0.29) is 0 Å². The van der Waals surface area contributed by atoms with E-state index in [1.54, 1.807) is 0 Å². The zero-order valence-electron chi connectivity index (χ0n) is 9.01. The predicted molar refractivity (Wildman–Crippen MR) is 65.0 cm³/mol. The molecule has 0 spiro atoms. The van der Waals surface area contributed by atoms with Crippen LogP contribution in [0.1, 0.15) is 12.5 Å². The van der Waals surface area contributed by atoms with Crippen LogP contribution in [0.2, 0.25) is 0 Å². The fourth-order valence-corrected chi connectivity index (χ4v) is 1.80. The van der Waals surface area contributed by atoms with Gasteiger partial charge in [-0.05, 0) is 43.3 Å². The topological polar surface area (TPSA) is 53.8 Å². The van der Waals surface area contributed by atoms with Gasteiger partial charge in [0.25, 0.3) is 0 Å². The zero-order chi connectivity index (χ0) is 10.7. The Kier molecular flexibility index (Phi) is 2.92. The van der Waals surface area contributed by atoms with Gasteiger partial charge in [-0.25, -0.2) is 0 Å². The maximum absolute atomic E-state index is 5.78. The van der Waals surface area contributed by atoms with Crippen LogP contribution >= 0.6 is 0 Å². The van der Waals surface area contributed by atoms with E-state index in [1.165, 1.54) is 10.9 Å². The van der Waals surface area contributed by atoms with E-state index >= 15 is 0 Å². The van der Waals surface area contributed by atoms with E-state index in [2.05, 4.69) is 23.4 Å². The van der Waals surface area contributed by atoms with Crippen molar-refractivity contribution >= 4 is 16.6 Å². The van der Waals surface area contributed by atoms with Gasteiger partial charge in [0, 0.05) is 22.8 Å². The Labute approximate surface area is 89.7 Å². The number of fused-ring (bicyclic) bond motifs is 1. The number of hydrogen-bond donors (Lipinski definition) is 3. The normalized spacial score (nSPS) is 11.0. The lowest BCUT2D eigenvalue weighted by Gasteiger charge is -2.01. The van der Waals surface area contributed by atoms with Crippen molar-refractivity contribution in [2.75, 3.05) is 18.8 Å². The van der Waals surface area contributed by atoms with Crippen molar-refractivity contribution in [1.29, 1.82) is 0 Å². The van der Waals surface area contributed by atoms with Crippen molar-refractivity contribution in [3.8, 4) is 0 Å². The average molecular weight is 203 g/mol. The minimum Gasteiger partial charge on any atom is -0.399 e. The molecule has 0 aliphatic heterocycles. The summed E-state index contributed by atoms with van der Waals surface area (Å²) in [6.45, 7) is 4.15. The van der Waals surface area contributed by atoms with Crippen LogP contribution in [0, 0.1) is 0 Å². The summed E-state index contributed by atoms with van der Waals surface area (Å²) >= 11 is 0. The molecule has 0 saturated heterocycles. The minimum atomic E-state index is 0.826. The van der Waals surface area contributed by atoms with Crippen LogP contribution in [-0.4, -0.2) is 18.1 Å². The molecule has 0 saturated carbocycles. The number of H-pyrrole nitrogens is 1. The third-order valence-electron chi connectivity index (χ3n) is 2.61. The van der Waals surface area contributed by atoms with Gasteiger partial charge in [0.05, 0.1) is 0 Å². The van der Waals surface area contributed by atoms with Gasteiger partial charge in [-0.1, -0.05) is 6.92 Å². The Morgan fingerprint density at radius 1 is 1.40 bits per heavy atom. The molecule has 4 N–H and O–H groups in total. The molecule has 2 aromatic rings. The van der Waals surface area contributed by atoms with E-state index in [1.807, 2.05) is 18.2 Å². The number of nitrogens with one attached hydrogen (secondary N) is 2. The Morgan fingerprint density at radius 3 is 3.07 bits per heavy atom. The summed E-state index contributed by atoms with van der Waals surface area (Å²) in [6, 6.07) is 5.99. The van der Waals surface area contributed by atoms with E-state index in [0.717, 1.165) is 30.7 Å². The van der Waals surface area contributed by atoms with Crippen LogP contribution in [0.4, 0.5) is 5.69 Å². The predicted octanol–water partition coefficient (Wildman–Crippen LogP) is 1.90. The molecular formula is C12H17N3. The van der Waals surface area contributed by atoms with Gasteiger partial charge in [0.15, 0.2) is 0 Å². The van der Waals surface area contributed by atoms with Crippen LogP contribution in [0.25, 0.3) is 10.9 Å². The highest BCUT2D eigenvalue weighted by Crippen LogP contribution is 2.20. The zero-order valence-corrected chi connectivity index (χ0v) is 9.01. The quantitative estimate of drug-likeness (QED) is 0.525. The molecule has 2 rings (SSSR count). The fourth-order valence-electron chi connectivity index (χ4n) is 1.80. The SMILES string of the molecule is CCNCCc1c[nH]c2ccc(N)cc12. The number of hydrogen-bond acceptors (Lipinski definition) is 2. The lowest BCUT2D eigenvalue weighted by atomic mass is 10.1.